The summed E-state index contributed by atoms with van der Waals surface area (Å²) < 4.78 is 4.93. The van der Waals surface area contributed by atoms with Crippen molar-refractivity contribution in [1.29, 1.82) is 0 Å². The van der Waals surface area contributed by atoms with Gasteiger partial charge in [0.25, 0.3) is 5.91 Å². The minimum Gasteiger partial charge on any atom is -0.383 e. The zero-order chi connectivity index (χ0) is 20.8. The number of imide groups is 1. The summed E-state index contributed by atoms with van der Waals surface area (Å²) in [5.74, 6) is -0.0238. The van der Waals surface area contributed by atoms with Crippen LogP contribution in [0.5, 0.6) is 0 Å². The maximum absolute atomic E-state index is 12.9. The van der Waals surface area contributed by atoms with Gasteiger partial charge in [-0.05, 0) is 37.0 Å². The summed E-state index contributed by atoms with van der Waals surface area (Å²) in [6, 6.07) is -0.452. The second kappa shape index (κ2) is 11.1. The van der Waals surface area contributed by atoms with Crippen molar-refractivity contribution in [3.63, 3.8) is 0 Å². The summed E-state index contributed by atoms with van der Waals surface area (Å²) in [4.78, 5) is 38.5. The molecule has 168 valence electrons. The van der Waals surface area contributed by atoms with E-state index in [4.69, 9.17) is 4.74 Å². The second-order valence-electron chi connectivity index (χ2n) is 8.61. The lowest BCUT2D eigenvalue weighted by atomic mass is 9.65. The van der Waals surface area contributed by atoms with E-state index in [1.807, 2.05) is 0 Å². The molecule has 2 rings (SSSR count). The number of nitrogens with zero attached hydrogens (tertiary/aromatic N) is 1. The van der Waals surface area contributed by atoms with E-state index in [2.05, 4.69) is 36.7 Å². The van der Waals surface area contributed by atoms with Crippen molar-refractivity contribution in [2.24, 2.45) is 11.3 Å². The number of urea groups is 1. The summed E-state index contributed by atoms with van der Waals surface area (Å²) in [6.07, 6.45) is 4.22. The van der Waals surface area contributed by atoms with E-state index in [-0.39, 0.29) is 36.2 Å². The van der Waals surface area contributed by atoms with E-state index < -0.39 is 11.6 Å². The molecule has 1 spiro atoms. The van der Waals surface area contributed by atoms with Crippen molar-refractivity contribution in [3.05, 3.63) is 0 Å². The Bertz CT molecular complexity index is 577. The number of hydrogen-bond acceptors (Lipinski definition) is 5. The van der Waals surface area contributed by atoms with Gasteiger partial charge in [-0.2, -0.15) is 0 Å². The Hall–Kier alpha value is -1.38. The molecule has 0 bridgehead atoms. The fourth-order valence-corrected chi connectivity index (χ4v) is 4.13. The van der Waals surface area contributed by atoms with E-state index in [9.17, 15) is 14.4 Å². The number of amides is 4. The Labute approximate surface area is 180 Å². The molecule has 1 saturated carbocycles. The zero-order valence-electron chi connectivity index (χ0n) is 18.1. The van der Waals surface area contributed by atoms with Crippen molar-refractivity contribution >= 4 is 30.3 Å². The highest BCUT2D eigenvalue weighted by Gasteiger charge is 2.53. The lowest BCUT2D eigenvalue weighted by Gasteiger charge is -2.42. The predicted octanol–water partition coefficient (Wildman–Crippen LogP) is 1.68. The van der Waals surface area contributed by atoms with Crippen molar-refractivity contribution in [3.8, 4) is 0 Å². The van der Waals surface area contributed by atoms with E-state index in [1.165, 1.54) is 0 Å². The Morgan fingerprint density at radius 3 is 2.48 bits per heavy atom. The number of nitrogens with one attached hydrogen (secondary N) is 3. The fraction of sp³-hybridized carbons (Fsp3) is 0.850. The van der Waals surface area contributed by atoms with Crippen molar-refractivity contribution in [1.82, 2.24) is 20.9 Å². The molecule has 1 saturated heterocycles. The van der Waals surface area contributed by atoms with Crippen LogP contribution in [0.25, 0.3) is 0 Å². The molecule has 3 N–H and O–H groups in total. The molecule has 0 atom stereocenters. The van der Waals surface area contributed by atoms with E-state index >= 15 is 0 Å². The lowest BCUT2D eigenvalue weighted by Crippen LogP contribution is -2.51. The van der Waals surface area contributed by atoms with Gasteiger partial charge in [-0.3, -0.25) is 14.5 Å². The molecule has 1 heterocycles. The quantitative estimate of drug-likeness (QED) is 0.360. The summed E-state index contributed by atoms with van der Waals surface area (Å²) in [5.41, 5.74) is -0.580. The van der Waals surface area contributed by atoms with Crippen LogP contribution in [0, 0.1) is 11.3 Å². The van der Waals surface area contributed by atoms with Crippen molar-refractivity contribution in [2.75, 3.05) is 39.9 Å². The molecular formula is C20H37ClN4O4. The predicted molar refractivity (Wildman–Crippen MR) is 114 cm³/mol. The van der Waals surface area contributed by atoms with E-state index in [1.54, 1.807) is 7.11 Å². The number of methoxy groups -OCH3 is 1. The minimum atomic E-state index is -0.820. The van der Waals surface area contributed by atoms with Crippen LogP contribution in [-0.2, 0) is 14.3 Å². The fourth-order valence-electron chi connectivity index (χ4n) is 4.13. The third kappa shape index (κ3) is 6.30. The highest BCUT2D eigenvalue weighted by Crippen LogP contribution is 2.45. The second-order valence-corrected chi connectivity index (χ2v) is 8.61. The molecule has 4 amide bonds. The molecule has 9 heteroatoms. The molecule has 0 aromatic rings. The van der Waals surface area contributed by atoms with Gasteiger partial charge in [0.1, 0.15) is 12.1 Å². The first-order valence-electron chi connectivity index (χ1n) is 10.4. The van der Waals surface area contributed by atoms with Crippen LogP contribution in [0.15, 0.2) is 0 Å². The smallest absolute Gasteiger partial charge is 0.325 e. The average Bonchev–Trinajstić information content (AvgIpc) is 2.89. The summed E-state index contributed by atoms with van der Waals surface area (Å²) in [6.45, 7) is 8.86. The van der Waals surface area contributed by atoms with Gasteiger partial charge in [0, 0.05) is 26.7 Å². The van der Waals surface area contributed by atoms with Crippen molar-refractivity contribution < 1.29 is 19.1 Å². The number of ether oxygens (including phenoxy) is 1. The van der Waals surface area contributed by atoms with Crippen LogP contribution in [0.1, 0.15) is 52.9 Å². The van der Waals surface area contributed by atoms with Crippen LogP contribution < -0.4 is 16.0 Å². The van der Waals surface area contributed by atoms with Crippen LogP contribution in [-0.4, -0.2) is 68.2 Å². The molecule has 8 nitrogen and oxygen atoms in total. The maximum atomic E-state index is 12.9. The molecule has 0 aromatic carbocycles. The number of carbonyl (C=O) groups excluding carboxylic acids is 3. The number of halogens is 1. The normalized spacial score (nSPS) is 24.4. The Morgan fingerprint density at radius 2 is 1.90 bits per heavy atom. The van der Waals surface area contributed by atoms with Gasteiger partial charge < -0.3 is 20.7 Å². The minimum absolute atomic E-state index is 0. The van der Waals surface area contributed by atoms with E-state index in [0.717, 1.165) is 24.2 Å². The van der Waals surface area contributed by atoms with Gasteiger partial charge in [0.05, 0.1) is 6.61 Å². The Kier molecular flexibility index (Phi) is 9.85. The summed E-state index contributed by atoms with van der Waals surface area (Å²) >= 11 is 0. The van der Waals surface area contributed by atoms with Crippen molar-refractivity contribution in [2.45, 2.75) is 58.4 Å². The Balaban J connectivity index is 0.00000420. The first kappa shape index (κ1) is 25.7. The maximum Gasteiger partial charge on any atom is 0.325 e. The number of hydrogen-bond donors (Lipinski definition) is 3. The highest BCUT2D eigenvalue weighted by molar-refractivity contribution is 6.09. The van der Waals surface area contributed by atoms with Gasteiger partial charge in [-0.15, -0.1) is 12.4 Å². The molecule has 29 heavy (non-hydrogen) atoms. The van der Waals surface area contributed by atoms with Gasteiger partial charge in [-0.1, -0.05) is 27.2 Å². The largest absolute Gasteiger partial charge is 0.383 e. The first-order valence-corrected chi connectivity index (χ1v) is 10.4. The van der Waals surface area contributed by atoms with Crippen LogP contribution in [0.3, 0.4) is 0 Å². The van der Waals surface area contributed by atoms with Gasteiger partial charge >= 0.3 is 6.03 Å². The summed E-state index contributed by atoms with van der Waals surface area (Å²) in [5, 5.41) is 8.74. The van der Waals surface area contributed by atoms with Gasteiger partial charge in [-0.25, -0.2) is 4.79 Å². The van der Waals surface area contributed by atoms with Crippen LogP contribution in [0.4, 0.5) is 4.79 Å². The third-order valence-corrected chi connectivity index (χ3v) is 6.51. The average molecular weight is 433 g/mol. The van der Waals surface area contributed by atoms with Crippen LogP contribution in [0.2, 0.25) is 0 Å². The number of carbonyl (C=O) groups is 3. The lowest BCUT2D eigenvalue weighted by molar-refractivity contribution is -0.136. The first-order chi connectivity index (χ1) is 13.3. The molecule has 2 aliphatic rings. The molecule has 0 unspecified atom stereocenters. The molecule has 2 fully saturated rings. The monoisotopic (exact) mass is 432 g/mol. The topological polar surface area (TPSA) is 99.8 Å². The van der Waals surface area contributed by atoms with Gasteiger partial charge in [0.2, 0.25) is 5.91 Å². The standard InChI is InChI=1S/C20H36N4O4.ClH/c1-5-19(2,3)15-6-8-20(9-7-15)17(26)24(18(27)23-20)14-16(25)22-11-10-21-12-13-28-4;/h15,21H,5-14H2,1-4H3,(H,22,25)(H,23,27);1H. The molecular weight excluding hydrogens is 396 g/mol. The van der Waals surface area contributed by atoms with Gasteiger partial charge in [0.15, 0.2) is 0 Å². The molecule has 1 aliphatic heterocycles. The zero-order valence-corrected chi connectivity index (χ0v) is 19.0. The van der Waals surface area contributed by atoms with Crippen LogP contribution >= 0.6 is 12.4 Å². The molecule has 1 aliphatic carbocycles. The molecule has 0 aromatic heterocycles. The molecule has 0 radical (unpaired) electrons. The SMILES string of the molecule is CCC(C)(C)C1CCC2(CC1)NC(=O)N(CC(=O)NCCNCCOC)C2=O.Cl. The highest BCUT2D eigenvalue weighted by atomic mass is 35.5. The Morgan fingerprint density at radius 1 is 1.24 bits per heavy atom. The third-order valence-electron chi connectivity index (χ3n) is 6.51. The van der Waals surface area contributed by atoms with E-state index in [0.29, 0.717) is 45.0 Å². The summed E-state index contributed by atoms with van der Waals surface area (Å²) in [7, 11) is 1.63. The number of rotatable bonds is 10.